The van der Waals surface area contributed by atoms with E-state index >= 15 is 0 Å². The molecule has 0 aliphatic rings. The van der Waals surface area contributed by atoms with E-state index in [1.807, 2.05) is 30.3 Å². The van der Waals surface area contributed by atoms with Crippen molar-refractivity contribution in [3.8, 4) is 11.4 Å². The molecule has 1 N–H and O–H groups in total. The number of carbonyl (C=O) groups excluding carboxylic acids is 1. The number of carbonyl (C=O) groups is 1. The average molecular weight is 243 g/mol. The SMILES string of the molecule is Cc1nc(-c2ccccc2)[nH]c(=O)c1CC(=O)[O-]. The maximum Gasteiger partial charge on any atom is 0.254 e. The van der Waals surface area contributed by atoms with Crippen LogP contribution in [0.4, 0.5) is 0 Å². The van der Waals surface area contributed by atoms with Crippen molar-refractivity contribution in [1.82, 2.24) is 9.97 Å². The standard InChI is InChI=1S/C13H12N2O3/c1-8-10(7-11(16)17)13(18)15-12(14-8)9-5-3-2-4-6-9/h2-6H,7H2,1H3,(H,16,17)(H,14,15,18)/p-1. The van der Waals surface area contributed by atoms with Gasteiger partial charge in [-0.1, -0.05) is 30.3 Å². The zero-order chi connectivity index (χ0) is 13.1. The molecule has 1 heterocycles. The molecule has 0 aliphatic carbocycles. The summed E-state index contributed by atoms with van der Waals surface area (Å²) in [6.07, 6.45) is -0.427. The van der Waals surface area contributed by atoms with Crippen LogP contribution in [0.5, 0.6) is 0 Å². The number of benzene rings is 1. The number of rotatable bonds is 3. The Morgan fingerprint density at radius 3 is 2.56 bits per heavy atom. The fraction of sp³-hybridized carbons (Fsp3) is 0.154. The fourth-order valence-corrected chi connectivity index (χ4v) is 1.70. The number of aromatic nitrogens is 2. The van der Waals surface area contributed by atoms with E-state index in [1.165, 1.54) is 0 Å². The van der Waals surface area contributed by atoms with Crippen LogP contribution in [0.3, 0.4) is 0 Å². The topological polar surface area (TPSA) is 85.9 Å². The van der Waals surface area contributed by atoms with Crippen molar-refractivity contribution in [1.29, 1.82) is 0 Å². The van der Waals surface area contributed by atoms with Crippen LogP contribution in [0, 0.1) is 6.92 Å². The quantitative estimate of drug-likeness (QED) is 0.824. The first-order chi connectivity index (χ1) is 8.58. The maximum absolute atomic E-state index is 11.8. The normalized spacial score (nSPS) is 10.3. The van der Waals surface area contributed by atoms with Crippen LogP contribution < -0.4 is 10.7 Å². The van der Waals surface area contributed by atoms with Crippen LogP contribution in [0.25, 0.3) is 11.4 Å². The molecular formula is C13H11N2O3-. The van der Waals surface area contributed by atoms with Gasteiger partial charge in [-0.2, -0.15) is 0 Å². The number of aromatic amines is 1. The van der Waals surface area contributed by atoms with Gasteiger partial charge in [-0.25, -0.2) is 4.98 Å². The summed E-state index contributed by atoms with van der Waals surface area (Å²) in [4.78, 5) is 29.1. The molecule has 18 heavy (non-hydrogen) atoms. The number of hydrogen-bond donors (Lipinski definition) is 1. The monoisotopic (exact) mass is 243 g/mol. The predicted molar refractivity (Wildman–Crippen MR) is 63.7 cm³/mol. The van der Waals surface area contributed by atoms with Gasteiger partial charge >= 0.3 is 0 Å². The van der Waals surface area contributed by atoms with Gasteiger partial charge in [0.1, 0.15) is 5.82 Å². The molecule has 0 saturated heterocycles. The second-order valence-corrected chi connectivity index (χ2v) is 3.89. The lowest BCUT2D eigenvalue weighted by atomic mass is 10.1. The average Bonchev–Trinajstić information content (AvgIpc) is 2.34. The van der Waals surface area contributed by atoms with Gasteiger partial charge in [0.2, 0.25) is 0 Å². The lowest BCUT2D eigenvalue weighted by Crippen LogP contribution is -2.29. The molecule has 5 nitrogen and oxygen atoms in total. The Bertz CT molecular complexity index is 632. The Hall–Kier alpha value is -2.43. The van der Waals surface area contributed by atoms with Crippen LogP contribution in [0.15, 0.2) is 35.1 Å². The summed E-state index contributed by atoms with van der Waals surface area (Å²) >= 11 is 0. The molecule has 92 valence electrons. The Morgan fingerprint density at radius 1 is 1.33 bits per heavy atom. The molecule has 1 aromatic carbocycles. The molecule has 0 unspecified atom stereocenters. The Labute approximate surface area is 103 Å². The summed E-state index contributed by atoms with van der Waals surface area (Å²) in [5.74, 6) is -0.863. The highest BCUT2D eigenvalue weighted by Gasteiger charge is 2.09. The van der Waals surface area contributed by atoms with E-state index < -0.39 is 17.9 Å². The molecule has 0 spiro atoms. The molecule has 2 aromatic rings. The minimum Gasteiger partial charge on any atom is -0.550 e. The van der Waals surface area contributed by atoms with Gasteiger partial charge in [0, 0.05) is 29.2 Å². The zero-order valence-corrected chi connectivity index (χ0v) is 9.77. The van der Waals surface area contributed by atoms with Crippen molar-refractivity contribution in [2.24, 2.45) is 0 Å². The third-order valence-corrected chi connectivity index (χ3v) is 2.59. The summed E-state index contributed by atoms with van der Waals surface area (Å²) in [6, 6.07) is 9.16. The number of nitrogens with zero attached hydrogens (tertiary/aromatic N) is 1. The molecule has 0 amide bonds. The lowest BCUT2D eigenvalue weighted by Gasteiger charge is -2.07. The van der Waals surface area contributed by atoms with E-state index in [9.17, 15) is 14.7 Å². The van der Waals surface area contributed by atoms with Crippen molar-refractivity contribution in [3.63, 3.8) is 0 Å². The fourth-order valence-electron chi connectivity index (χ4n) is 1.70. The van der Waals surface area contributed by atoms with E-state index in [4.69, 9.17) is 0 Å². The minimum absolute atomic E-state index is 0.134. The van der Waals surface area contributed by atoms with Crippen molar-refractivity contribution in [3.05, 3.63) is 51.9 Å². The molecule has 0 fully saturated rings. The van der Waals surface area contributed by atoms with E-state index in [-0.39, 0.29) is 5.56 Å². The summed E-state index contributed by atoms with van der Waals surface area (Å²) < 4.78 is 0. The van der Waals surface area contributed by atoms with Crippen LogP contribution in [-0.4, -0.2) is 15.9 Å². The third-order valence-electron chi connectivity index (χ3n) is 2.59. The predicted octanol–water partition coefficient (Wildman–Crippen LogP) is 0.0377. The number of H-pyrrole nitrogens is 1. The van der Waals surface area contributed by atoms with Crippen LogP contribution in [0.1, 0.15) is 11.3 Å². The molecule has 0 atom stereocenters. The first kappa shape index (κ1) is 12.0. The Balaban J connectivity index is 2.49. The van der Waals surface area contributed by atoms with Crippen LogP contribution in [0.2, 0.25) is 0 Å². The highest BCUT2D eigenvalue weighted by Crippen LogP contribution is 2.13. The van der Waals surface area contributed by atoms with Gasteiger partial charge in [0.05, 0.1) is 0 Å². The number of nitrogens with one attached hydrogen (secondary N) is 1. The summed E-state index contributed by atoms with van der Waals surface area (Å²) in [6.45, 7) is 1.61. The van der Waals surface area contributed by atoms with E-state index in [0.717, 1.165) is 5.56 Å². The second-order valence-electron chi connectivity index (χ2n) is 3.89. The van der Waals surface area contributed by atoms with Crippen molar-refractivity contribution in [2.45, 2.75) is 13.3 Å². The molecule has 5 heteroatoms. The lowest BCUT2D eigenvalue weighted by molar-refractivity contribution is -0.304. The molecule has 0 aliphatic heterocycles. The molecule has 0 radical (unpaired) electrons. The molecule has 2 rings (SSSR count). The highest BCUT2D eigenvalue weighted by atomic mass is 16.4. The summed E-state index contributed by atoms with van der Waals surface area (Å²) in [5, 5.41) is 10.5. The molecule has 0 bridgehead atoms. The number of aryl methyl sites for hydroxylation is 1. The molecular weight excluding hydrogens is 232 g/mol. The first-order valence-corrected chi connectivity index (χ1v) is 5.43. The minimum atomic E-state index is -1.29. The first-order valence-electron chi connectivity index (χ1n) is 5.43. The number of hydrogen-bond acceptors (Lipinski definition) is 4. The summed E-state index contributed by atoms with van der Waals surface area (Å²) in [7, 11) is 0. The van der Waals surface area contributed by atoms with Gasteiger partial charge in [0.15, 0.2) is 0 Å². The van der Waals surface area contributed by atoms with Gasteiger partial charge in [-0.05, 0) is 6.92 Å². The second kappa shape index (κ2) is 4.83. The molecule has 0 saturated carbocycles. The number of aliphatic carboxylic acids is 1. The van der Waals surface area contributed by atoms with Crippen LogP contribution in [-0.2, 0) is 11.2 Å². The van der Waals surface area contributed by atoms with Crippen molar-refractivity contribution < 1.29 is 9.90 Å². The largest absolute Gasteiger partial charge is 0.550 e. The van der Waals surface area contributed by atoms with Crippen LogP contribution >= 0.6 is 0 Å². The smallest absolute Gasteiger partial charge is 0.254 e. The summed E-state index contributed by atoms with van der Waals surface area (Å²) in [5.41, 5.74) is 0.875. The Morgan fingerprint density at radius 2 is 2.00 bits per heavy atom. The Kier molecular flexibility index (Phi) is 3.23. The highest BCUT2D eigenvalue weighted by molar-refractivity contribution is 5.68. The third kappa shape index (κ3) is 2.45. The van der Waals surface area contributed by atoms with Gasteiger partial charge in [-0.3, -0.25) is 4.79 Å². The van der Waals surface area contributed by atoms with Gasteiger partial charge in [0.25, 0.3) is 5.56 Å². The van der Waals surface area contributed by atoms with Gasteiger partial charge < -0.3 is 14.9 Å². The zero-order valence-electron chi connectivity index (χ0n) is 9.77. The van der Waals surface area contributed by atoms with E-state index in [1.54, 1.807) is 6.92 Å². The molecule has 1 aromatic heterocycles. The number of carboxylic acid groups (broad SMARTS) is 1. The van der Waals surface area contributed by atoms with Crippen molar-refractivity contribution in [2.75, 3.05) is 0 Å². The van der Waals surface area contributed by atoms with Crippen molar-refractivity contribution >= 4 is 5.97 Å². The number of carboxylic acids is 1. The maximum atomic E-state index is 11.8. The van der Waals surface area contributed by atoms with Gasteiger partial charge in [-0.15, -0.1) is 0 Å². The van der Waals surface area contributed by atoms with E-state index in [0.29, 0.717) is 11.5 Å². The van der Waals surface area contributed by atoms with E-state index in [2.05, 4.69) is 9.97 Å².